The van der Waals surface area contributed by atoms with Crippen LogP contribution in [0.2, 0.25) is 5.02 Å². The summed E-state index contributed by atoms with van der Waals surface area (Å²) in [5, 5.41) is 3.56. The van der Waals surface area contributed by atoms with Gasteiger partial charge in [0.1, 0.15) is 0 Å². The number of anilines is 1. The fourth-order valence-electron chi connectivity index (χ4n) is 4.66. The van der Waals surface area contributed by atoms with Crippen LogP contribution in [0.1, 0.15) is 23.6 Å². The van der Waals surface area contributed by atoms with E-state index in [0.29, 0.717) is 36.6 Å². The monoisotopic (exact) mass is 451 g/mol. The molecule has 0 unspecified atom stereocenters. The van der Waals surface area contributed by atoms with Gasteiger partial charge < -0.3 is 10.2 Å². The van der Waals surface area contributed by atoms with Crippen LogP contribution in [0.3, 0.4) is 0 Å². The molecule has 166 valence electrons. The number of hydrogen-bond donors (Lipinski definition) is 1. The number of fused-ring (bicyclic) bond motifs is 3. The highest BCUT2D eigenvalue weighted by molar-refractivity contribution is 6.30. The second-order valence-corrected chi connectivity index (χ2v) is 8.61. The highest BCUT2D eigenvalue weighted by atomic mass is 35.5. The molecule has 2 aromatic rings. The molecule has 1 fully saturated rings. The minimum Gasteiger partial charge on any atom is -0.365 e. The number of alkyl halides is 3. The Hall–Kier alpha value is -2.25. The Morgan fingerprint density at radius 1 is 1.16 bits per heavy atom. The zero-order valence-corrected chi connectivity index (χ0v) is 18.0. The fourth-order valence-corrected chi connectivity index (χ4v) is 4.78. The maximum Gasteiger partial charge on any atom is 0.416 e. The van der Waals surface area contributed by atoms with Gasteiger partial charge in [-0.05, 0) is 54.8 Å². The van der Waals surface area contributed by atoms with Crippen molar-refractivity contribution in [2.24, 2.45) is 5.92 Å². The minimum absolute atomic E-state index is 0.0863. The highest BCUT2D eigenvalue weighted by Crippen LogP contribution is 2.39. The second kappa shape index (κ2) is 8.71. The van der Waals surface area contributed by atoms with Crippen LogP contribution in [0.25, 0.3) is 0 Å². The molecule has 2 heterocycles. The first kappa shape index (κ1) is 22.0. The van der Waals surface area contributed by atoms with Gasteiger partial charge in [0.15, 0.2) is 0 Å². The molecule has 2 aromatic carbocycles. The van der Waals surface area contributed by atoms with E-state index in [9.17, 15) is 18.0 Å². The summed E-state index contributed by atoms with van der Waals surface area (Å²) in [4.78, 5) is 17.3. The van der Waals surface area contributed by atoms with Gasteiger partial charge in [-0.1, -0.05) is 23.7 Å². The first-order valence-electron chi connectivity index (χ1n) is 10.5. The minimum atomic E-state index is -4.40. The van der Waals surface area contributed by atoms with Gasteiger partial charge in [0, 0.05) is 43.4 Å². The molecule has 1 amide bonds. The SMILES string of the molecule is CCNC(=O)[C@@H]1Cc2cc(C(F)(F)F)ccc2N2CCN(Cc3ccc(Cl)cc3)C[C@@H]12. The van der Waals surface area contributed by atoms with Gasteiger partial charge in [-0.2, -0.15) is 13.2 Å². The lowest BCUT2D eigenvalue weighted by Crippen LogP contribution is -2.60. The zero-order chi connectivity index (χ0) is 22.2. The molecule has 0 aromatic heterocycles. The van der Waals surface area contributed by atoms with Gasteiger partial charge in [0.05, 0.1) is 17.5 Å². The summed E-state index contributed by atoms with van der Waals surface area (Å²) in [6.45, 7) is 5.18. The number of piperazine rings is 1. The molecule has 8 heteroatoms. The van der Waals surface area contributed by atoms with Gasteiger partial charge in [-0.3, -0.25) is 9.69 Å². The van der Waals surface area contributed by atoms with Gasteiger partial charge in [-0.15, -0.1) is 0 Å². The summed E-state index contributed by atoms with van der Waals surface area (Å²) in [5.74, 6) is -0.502. The molecule has 2 aliphatic rings. The lowest BCUT2D eigenvalue weighted by molar-refractivity contribution is -0.137. The predicted octanol–water partition coefficient (Wildman–Crippen LogP) is 4.36. The number of rotatable bonds is 4. The van der Waals surface area contributed by atoms with Crippen molar-refractivity contribution in [1.82, 2.24) is 10.2 Å². The Morgan fingerprint density at radius 2 is 1.90 bits per heavy atom. The zero-order valence-electron chi connectivity index (χ0n) is 17.3. The van der Waals surface area contributed by atoms with Gasteiger partial charge in [0.25, 0.3) is 0 Å². The van der Waals surface area contributed by atoms with Crippen LogP contribution in [-0.2, 0) is 23.9 Å². The van der Waals surface area contributed by atoms with E-state index >= 15 is 0 Å². The third-order valence-electron chi connectivity index (χ3n) is 6.13. The number of amides is 1. The van der Waals surface area contributed by atoms with Gasteiger partial charge in [-0.25, -0.2) is 0 Å². The molecule has 0 aliphatic carbocycles. The van der Waals surface area contributed by atoms with Gasteiger partial charge in [0.2, 0.25) is 5.91 Å². The van der Waals surface area contributed by atoms with Crippen molar-refractivity contribution < 1.29 is 18.0 Å². The predicted molar refractivity (Wildman–Crippen MR) is 115 cm³/mol. The van der Waals surface area contributed by atoms with Crippen LogP contribution in [0, 0.1) is 5.92 Å². The number of benzene rings is 2. The van der Waals surface area contributed by atoms with Crippen molar-refractivity contribution in [3.05, 3.63) is 64.2 Å². The van der Waals surface area contributed by atoms with Crippen molar-refractivity contribution in [3.8, 4) is 0 Å². The first-order valence-corrected chi connectivity index (χ1v) is 10.9. The van der Waals surface area contributed by atoms with E-state index in [4.69, 9.17) is 11.6 Å². The maximum absolute atomic E-state index is 13.2. The van der Waals surface area contributed by atoms with E-state index in [0.717, 1.165) is 30.4 Å². The molecular formula is C23H25ClF3N3O. The molecular weight excluding hydrogens is 427 g/mol. The maximum atomic E-state index is 13.2. The number of halogens is 4. The van der Waals surface area contributed by atoms with Crippen LogP contribution < -0.4 is 10.2 Å². The van der Waals surface area contributed by atoms with Crippen LogP contribution >= 0.6 is 11.6 Å². The van der Waals surface area contributed by atoms with E-state index in [-0.39, 0.29) is 11.9 Å². The number of carbonyl (C=O) groups is 1. The normalized spacial score (nSPS) is 21.4. The molecule has 4 nitrogen and oxygen atoms in total. The number of nitrogens with zero attached hydrogens (tertiary/aromatic N) is 2. The highest BCUT2D eigenvalue weighted by Gasteiger charge is 2.42. The molecule has 2 atom stereocenters. The molecule has 4 rings (SSSR count). The standard InChI is InChI=1S/C23H25ClF3N3O/c1-2-28-22(31)19-12-16-11-17(23(25,26)27)5-8-20(16)30-10-9-29(14-21(19)30)13-15-3-6-18(24)7-4-15/h3-8,11,19,21H,2,9-10,12-14H2,1H3,(H,28,31)/t19-,21+/m1/s1. The van der Waals surface area contributed by atoms with Gasteiger partial charge >= 0.3 is 6.18 Å². The van der Waals surface area contributed by atoms with Crippen molar-refractivity contribution in [1.29, 1.82) is 0 Å². The summed E-state index contributed by atoms with van der Waals surface area (Å²) >= 11 is 5.98. The Morgan fingerprint density at radius 3 is 2.58 bits per heavy atom. The van der Waals surface area contributed by atoms with Crippen molar-refractivity contribution in [2.45, 2.75) is 32.1 Å². The van der Waals surface area contributed by atoms with Crippen molar-refractivity contribution >= 4 is 23.2 Å². The lowest BCUT2D eigenvalue weighted by atomic mass is 9.82. The first-order chi connectivity index (χ1) is 14.8. The van der Waals surface area contributed by atoms with E-state index in [1.54, 1.807) is 6.07 Å². The molecule has 31 heavy (non-hydrogen) atoms. The van der Waals surface area contributed by atoms with E-state index in [1.165, 1.54) is 6.07 Å². The summed E-state index contributed by atoms with van der Waals surface area (Å²) < 4.78 is 39.7. The average Bonchev–Trinajstić information content (AvgIpc) is 2.73. The summed E-state index contributed by atoms with van der Waals surface area (Å²) in [6, 6.07) is 11.5. The van der Waals surface area contributed by atoms with Crippen LogP contribution in [0.4, 0.5) is 18.9 Å². The molecule has 0 bridgehead atoms. The van der Waals surface area contributed by atoms with Crippen LogP contribution in [0.5, 0.6) is 0 Å². The fraction of sp³-hybridized carbons (Fsp3) is 0.435. The topological polar surface area (TPSA) is 35.6 Å². The number of hydrogen-bond acceptors (Lipinski definition) is 3. The Kier molecular flexibility index (Phi) is 6.17. The summed E-state index contributed by atoms with van der Waals surface area (Å²) in [7, 11) is 0. The molecule has 2 aliphatic heterocycles. The quantitative estimate of drug-likeness (QED) is 0.750. The van der Waals surface area contributed by atoms with Crippen LogP contribution in [-0.4, -0.2) is 43.0 Å². The molecule has 0 spiro atoms. The summed E-state index contributed by atoms with van der Waals surface area (Å²) in [5.41, 5.74) is 1.87. The molecule has 1 N–H and O–H groups in total. The largest absolute Gasteiger partial charge is 0.416 e. The Labute approximate surface area is 185 Å². The molecule has 1 saturated heterocycles. The van der Waals surface area contributed by atoms with Crippen molar-refractivity contribution in [3.63, 3.8) is 0 Å². The Bertz CT molecular complexity index is 948. The third kappa shape index (κ3) is 4.67. The van der Waals surface area contributed by atoms with E-state index in [1.807, 2.05) is 31.2 Å². The lowest BCUT2D eigenvalue weighted by Gasteiger charge is -2.49. The number of nitrogens with one attached hydrogen (secondary N) is 1. The third-order valence-corrected chi connectivity index (χ3v) is 6.38. The molecule has 0 radical (unpaired) electrons. The average molecular weight is 452 g/mol. The second-order valence-electron chi connectivity index (χ2n) is 8.17. The molecule has 0 saturated carbocycles. The van der Waals surface area contributed by atoms with Crippen molar-refractivity contribution in [2.75, 3.05) is 31.1 Å². The van der Waals surface area contributed by atoms with E-state index < -0.39 is 17.7 Å². The smallest absolute Gasteiger partial charge is 0.365 e. The Balaban J connectivity index is 1.61. The van der Waals surface area contributed by atoms with Crippen LogP contribution in [0.15, 0.2) is 42.5 Å². The van der Waals surface area contributed by atoms with E-state index in [2.05, 4.69) is 15.1 Å². The number of carbonyl (C=O) groups excluding carboxylic acids is 1. The summed E-state index contributed by atoms with van der Waals surface area (Å²) in [6.07, 6.45) is -4.09.